The molecular formula is C23H23N3O2. The second kappa shape index (κ2) is 8.21. The fourth-order valence-corrected chi connectivity index (χ4v) is 3.72. The van der Waals surface area contributed by atoms with E-state index in [0.717, 1.165) is 42.6 Å². The molecule has 0 spiro atoms. The minimum absolute atomic E-state index is 0.0359. The number of piperidine rings is 1. The highest BCUT2D eigenvalue weighted by atomic mass is 16.5. The summed E-state index contributed by atoms with van der Waals surface area (Å²) in [4.78, 5) is 24.1. The minimum Gasteiger partial charge on any atom is -0.481 e. The predicted octanol–water partition coefficient (Wildman–Crippen LogP) is 4.52. The van der Waals surface area contributed by atoms with Gasteiger partial charge in [-0.1, -0.05) is 18.2 Å². The molecule has 4 rings (SSSR count). The van der Waals surface area contributed by atoms with Crippen molar-refractivity contribution in [2.75, 3.05) is 13.7 Å². The Balaban J connectivity index is 1.61. The van der Waals surface area contributed by atoms with E-state index in [0.29, 0.717) is 11.4 Å². The molecule has 142 valence electrons. The molecular weight excluding hydrogens is 350 g/mol. The molecule has 1 aliphatic rings. The molecule has 1 amide bonds. The zero-order valence-corrected chi connectivity index (χ0v) is 15.9. The number of carbonyl (C=O) groups excluding carboxylic acids is 1. The van der Waals surface area contributed by atoms with Gasteiger partial charge in [0.2, 0.25) is 5.88 Å². The van der Waals surface area contributed by atoms with Crippen molar-refractivity contribution in [2.24, 2.45) is 0 Å². The van der Waals surface area contributed by atoms with Crippen LogP contribution in [0.25, 0.3) is 11.1 Å². The molecule has 5 heteroatoms. The number of pyridine rings is 2. The highest BCUT2D eigenvalue weighted by Gasteiger charge is 2.29. The number of nitrogens with zero attached hydrogens (tertiary/aromatic N) is 3. The molecule has 0 aliphatic carbocycles. The number of amides is 1. The molecule has 1 atom stereocenters. The number of hydrogen-bond donors (Lipinski definition) is 0. The van der Waals surface area contributed by atoms with E-state index in [4.69, 9.17) is 4.74 Å². The molecule has 0 N–H and O–H groups in total. The van der Waals surface area contributed by atoms with E-state index in [1.165, 1.54) is 0 Å². The van der Waals surface area contributed by atoms with Crippen LogP contribution in [0.2, 0.25) is 0 Å². The van der Waals surface area contributed by atoms with E-state index < -0.39 is 0 Å². The first-order chi connectivity index (χ1) is 13.8. The average molecular weight is 373 g/mol. The molecule has 1 unspecified atom stereocenters. The largest absolute Gasteiger partial charge is 0.481 e. The molecule has 1 aliphatic heterocycles. The SMILES string of the molecule is COc1ccc(-c2cccc(C(=O)N3CCCCC3c3ccccn3)c2)cn1. The molecule has 3 heterocycles. The first-order valence-corrected chi connectivity index (χ1v) is 9.58. The number of ether oxygens (including phenoxy) is 1. The third-order valence-electron chi connectivity index (χ3n) is 5.18. The van der Waals surface area contributed by atoms with Crippen molar-refractivity contribution in [1.29, 1.82) is 0 Å². The smallest absolute Gasteiger partial charge is 0.254 e. The second-order valence-electron chi connectivity index (χ2n) is 6.93. The van der Waals surface area contributed by atoms with Gasteiger partial charge in [-0.05, 0) is 55.2 Å². The Morgan fingerprint density at radius 2 is 1.96 bits per heavy atom. The quantitative estimate of drug-likeness (QED) is 0.675. The van der Waals surface area contributed by atoms with Crippen LogP contribution in [0, 0.1) is 0 Å². The van der Waals surface area contributed by atoms with Crippen LogP contribution in [0.15, 0.2) is 67.0 Å². The van der Waals surface area contributed by atoms with Crippen LogP contribution in [0.4, 0.5) is 0 Å². The number of benzene rings is 1. The van der Waals surface area contributed by atoms with Gasteiger partial charge in [0, 0.05) is 36.1 Å². The number of rotatable bonds is 4. The van der Waals surface area contributed by atoms with Crippen LogP contribution < -0.4 is 4.74 Å². The van der Waals surface area contributed by atoms with Crippen molar-refractivity contribution in [1.82, 2.24) is 14.9 Å². The van der Waals surface area contributed by atoms with Crippen LogP contribution in [0.5, 0.6) is 5.88 Å². The molecule has 3 aromatic rings. The van der Waals surface area contributed by atoms with Crippen molar-refractivity contribution in [2.45, 2.75) is 25.3 Å². The van der Waals surface area contributed by atoms with Gasteiger partial charge in [-0.2, -0.15) is 0 Å². The highest BCUT2D eigenvalue weighted by Crippen LogP contribution is 2.31. The fraction of sp³-hybridized carbons (Fsp3) is 0.261. The first kappa shape index (κ1) is 18.2. The maximum Gasteiger partial charge on any atom is 0.254 e. The maximum atomic E-state index is 13.3. The van der Waals surface area contributed by atoms with Gasteiger partial charge in [-0.15, -0.1) is 0 Å². The Hall–Kier alpha value is -3.21. The number of carbonyl (C=O) groups is 1. The Bertz CT molecular complexity index is 942. The van der Waals surface area contributed by atoms with Gasteiger partial charge in [0.05, 0.1) is 18.8 Å². The first-order valence-electron chi connectivity index (χ1n) is 9.58. The summed E-state index contributed by atoms with van der Waals surface area (Å²) in [5, 5.41) is 0. The van der Waals surface area contributed by atoms with Crippen LogP contribution >= 0.6 is 0 Å². The third-order valence-corrected chi connectivity index (χ3v) is 5.18. The molecule has 1 fully saturated rings. The van der Waals surface area contributed by atoms with Crippen LogP contribution in [0.1, 0.15) is 41.4 Å². The standard InChI is InChI=1S/C23H23N3O2/c1-28-22-12-11-19(16-25-22)17-7-6-8-18(15-17)23(27)26-14-5-3-10-21(26)20-9-2-4-13-24-20/h2,4,6-9,11-13,15-16,21H,3,5,10,14H2,1H3. The van der Waals surface area contributed by atoms with Crippen LogP contribution in [0.3, 0.4) is 0 Å². The summed E-state index contributed by atoms with van der Waals surface area (Å²) >= 11 is 0. The van der Waals surface area contributed by atoms with E-state index in [1.807, 2.05) is 59.5 Å². The van der Waals surface area contributed by atoms with Gasteiger partial charge in [0.1, 0.15) is 0 Å². The summed E-state index contributed by atoms with van der Waals surface area (Å²) in [7, 11) is 1.60. The predicted molar refractivity (Wildman–Crippen MR) is 108 cm³/mol. The normalized spacial score (nSPS) is 16.6. The summed E-state index contributed by atoms with van der Waals surface area (Å²) < 4.78 is 5.12. The van der Waals surface area contributed by atoms with E-state index in [2.05, 4.69) is 9.97 Å². The lowest BCUT2D eigenvalue weighted by Crippen LogP contribution is -2.38. The van der Waals surface area contributed by atoms with Crippen molar-refractivity contribution < 1.29 is 9.53 Å². The lowest BCUT2D eigenvalue weighted by Gasteiger charge is -2.35. The summed E-state index contributed by atoms with van der Waals surface area (Å²) in [5.41, 5.74) is 3.57. The monoisotopic (exact) mass is 373 g/mol. The van der Waals surface area contributed by atoms with Gasteiger partial charge < -0.3 is 9.64 Å². The lowest BCUT2D eigenvalue weighted by molar-refractivity contribution is 0.0606. The van der Waals surface area contributed by atoms with E-state index >= 15 is 0 Å². The van der Waals surface area contributed by atoms with Gasteiger partial charge in [-0.25, -0.2) is 4.98 Å². The van der Waals surface area contributed by atoms with E-state index in [-0.39, 0.29) is 11.9 Å². The van der Waals surface area contributed by atoms with Crippen LogP contribution in [-0.2, 0) is 0 Å². The Morgan fingerprint density at radius 3 is 2.71 bits per heavy atom. The molecule has 5 nitrogen and oxygen atoms in total. The molecule has 2 aromatic heterocycles. The number of aromatic nitrogens is 2. The maximum absolute atomic E-state index is 13.3. The van der Waals surface area contributed by atoms with Gasteiger partial charge in [-0.3, -0.25) is 9.78 Å². The highest BCUT2D eigenvalue weighted by molar-refractivity contribution is 5.95. The number of hydrogen-bond acceptors (Lipinski definition) is 4. The molecule has 1 saturated heterocycles. The summed E-state index contributed by atoms with van der Waals surface area (Å²) in [6.07, 6.45) is 6.65. The molecule has 0 saturated carbocycles. The average Bonchev–Trinajstić information content (AvgIpc) is 2.79. The molecule has 0 radical (unpaired) electrons. The molecule has 1 aromatic carbocycles. The Kier molecular flexibility index (Phi) is 5.33. The van der Waals surface area contributed by atoms with Crippen LogP contribution in [-0.4, -0.2) is 34.4 Å². The topological polar surface area (TPSA) is 55.3 Å². The van der Waals surface area contributed by atoms with Crippen molar-refractivity contribution in [3.63, 3.8) is 0 Å². The fourth-order valence-electron chi connectivity index (χ4n) is 3.72. The minimum atomic E-state index is 0.0359. The zero-order valence-electron chi connectivity index (χ0n) is 15.9. The summed E-state index contributed by atoms with van der Waals surface area (Å²) in [6, 6.07) is 17.5. The zero-order chi connectivity index (χ0) is 19.3. The molecule has 0 bridgehead atoms. The lowest BCUT2D eigenvalue weighted by atomic mass is 9.97. The van der Waals surface area contributed by atoms with Gasteiger partial charge in [0.25, 0.3) is 5.91 Å². The second-order valence-corrected chi connectivity index (χ2v) is 6.93. The Morgan fingerprint density at radius 1 is 1.04 bits per heavy atom. The van der Waals surface area contributed by atoms with Crippen molar-refractivity contribution in [3.8, 4) is 17.0 Å². The summed E-state index contributed by atoms with van der Waals surface area (Å²) in [6.45, 7) is 0.758. The van der Waals surface area contributed by atoms with E-state index in [9.17, 15) is 4.79 Å². The van der Waals surface area contributed by atoms with Gasteiger partial charge >= 0.3 is 0 Å². The van der Waals surface area contributed by atoms with Crippen molar-refractivity contribution >= 4 is 5.91 Å². The molecule has 28 heavy (non-hydrogen) atoms. The summed E-state index contributed by atoms with van der Waals surface area (Å²) in [5.74, 6) is 0.626. The van der Waals surface area contributed by atoms with E-state index in [1.54, 1.807) is 19.5 Å². The Labute approximate surface area is 165 Å². The number of methoxy groups -OCH3 is 1. The third kappa shape index (κ3) is 3.74. The number of likely N-dealkylation sites (tertiary alicyclic amines) is 1. The van der Waals surface area contributed by atoms with Crippen molar-refractivity contribution in [3.05, 3.63) is 78.2 Å². The van der Waals surface area contributed by atoms with Gasteiger partial charge in [0.15, 0.2) is 0 Å².